The van der Waals surface area contributed by atoms with Crippen LogP contribution in [0.5, 0.6) is 0 Å². The van der Waals surface area contributed by atoms with Crippen molar-refractivity contribution in [3.8, 4) is 0 Å². The van der Waals surface area contributed by atoms with Crippen molar-refractivity contribution in [3.05, 3.63) is 38.5 Å². The van der Waals surface area contributed by atoms with Gasteiger partial charge in [-0.1, -0.05) is 6.92 Å². The van der Waals surface area contributed by atoms with E-state index < -0.39 is 5.60 Å². The van der Waals surface area contributed by atoms with Crippen LogP contribution >= 0.6 is 46.7 Å². The van der Waals surface area contributed by atoms with E-state index in [2.05, 4.69) is 39.8 Å². The fraction of sp³-hybridized carbons (Fsp3) is 0.636. The Morgan fingerprint density at radius 2 is 2.06 bits per heavy atom. The number of aryl methyl sites for hydroxylation is 1. The van der Waals surface area contributed by atoms with Crippen molar-refractivity contribution in [2.75, 3.05) is 32.7 Å². The molecule has 1 aliphatic heterocycles. The SMILES string of the molecule is CCNC(=NCC(C)(O)c1ccsc1)NCC1CCN(Cc2csc(CC)n2)CC1.I. The predicted molar refractivity (Wildman–Crippen MR) is 143 cm³/mol. The molecule has 3 heterocycles. The molecule has 0 saturated carbocycles. The molecule has 6 nitrogen and oxygen atoms in total. The second-order valence-corrected chi connectivity index (χ2v) is 9.89. The summed E-state index contributed by atoms with van der Waals surface area (Å²) in [6, 6.07) is 1.96. The molecule has 1 unspecified atom stereocenters. The predicted octanol–water partition coefficient (Wildman–Crippen LogP) is 4.06. The number of nitrogens with one attached hydrogen (secondary N) is 2. The largest absolute Gasteiger partial charge is 0.383 e. The average molecular weight is 578 g/mol. The van der Waals surface area contributed by atoms with Gasteiger partial charge in [-0.3, -0.25) is 4.90 Å². The first-order valence-electron chi connectivity index (χ1n) is 10.9. The molecule has 0 aliphatic carbocycles. The molecule has 174 valence electrons. The maximum absolute atomic E-state index is 10.7. The van der Waals surface area contributed by atoms with Gasteiger partial charge in [0.25, 0.3) is 0 Å². The van der Waals surface area contributed by atoms with Gasteiger partial charge in [0.15, 0.2) is 5.96 Å². The van der Waals surface area contributed by atoms with E-state index in [1.165, 1.54) is 23.5 Å². The fourth-order valence-corrected chi connectivity index (χ4v) is 5.16. The van der Waals surface area contributed by atoms with Crippen LogP contribution in [-0.2, 0) is 18.6 Å². The molecule has 3 rings (SSSR count). The van der Waals surface area contributed by atoms with E-state index in [0.29, 0.717) is 12.5 Å². The first-order chi connectivity index (χ1) is 14.5. The van der Waals surface area contributed by atoms with Crippen molar-refractivity contribution in [3.63, 3.8) is 0 Å². The van der Waals surface area contributed by atoms with Crippen LogP contribution in [0, 0.1) is 5.92 Å². The van der Waals surface area contributed by atoms with Gasteiger partial charge in [0.1, 0.15) is 5.60 Å². The van der Waals surface area contributed by atoms with E-state index in [4.69, 9.17) is 4.98 Å². The van der Waals surface area contributed by atoms with Gasteiger partial charge in [0, 0.05) is 25.0 Å². The summed E-state index contributed by atoms with van der Waals surface area (Å²) in [6.07, 6.45) is 3.39. The lowest BCUT2D eigenvalue weighted by atomic mass is 9.97. The van der Waals surface area contributed by atoms with Gasteiger partial charge in [0.05, 0.1) is 17.2 Å². The quantitative estimate of drug-likeness (QED) is 0.238. The summed E-state index contributed by atoms with van der Waals surface area (Å²) in [7, 11) is 0. The number of nitrogens with zero attached hydrogens (tertiary/aromatic N) is 3. The highest BCUT2D eigenvalue weighted by molar-refractivity contribution is 14.0. The molecule has 31 heavy (non-hydrogen) atoms. The zero-order valence-corrected chi connectivity index (χ0v) is 22.7. The second kappa shape index (κ2) is 13.1. The number of hydrogen-bond acceptors (Lipinski definition) is 6. The van der Waals surface area contributed by atoms with Gasteiger partial charge in [-0.15, -0.1) is 35.3 Å². The summed E-state index contributed by atoms with van der Waals surface area (Å²) in [5.41, 5.74) is 1.19. The molecule has 2 aromatic heterocycles. The highest BCUT2D eigenvalue weighted by Gasteiger charge is 2.24. The minimum atomic E-state index is -0.943. The second-order valence-electron chi connectivity index (χ2n) is 8.17. The summed E-state index contributed by atoms with van der Waals surface area (Å²) in [5, 5.41) is 24.9. The molecule has 1 atom stereocenters. The zero-order chi connectivity index (χ0) is 21.4. The van der Waals surface area contributed by atoms with Crippen LogP contribution < -0.4 is 10.6 Å². The van der Waals surface area contributed by atoms with Crippen molar-refractivity contribution < 1.29 is 5.11 Å². The Labute approximate surface area is 211 Å². The summed E-state index contributed by atoms with van der Waals surface area (Å²) < 4.78 is 0. The lowest BCUT2D eigenvalue weighted by Gasteiger charge is -2.32. The number of guanidine groups is 1. The van der Waals surface area contributed by atoms with Crippen molar-refractivity contribution in [1.82, 2.24) is 20.5 Å². The third-order valence-electron chi connectivity index (χ3n) is 5.59. The number of piperidine rings is 1. The summed E-state index contributed by atoms with van der Waals surface area (Å²) >= 11 is 3.37. The smallest absolute Gasteiger partial charge is 0.191 e. The molecule has 1 fully saturated rings. The van der Waals surface area contributed by atoms with Gasteiger partial charge in [0.2, 0.25) is 0 Å². The van der Waals surface area contributed by atoms with E-state index in [1.54, 1.807) is 22.7 Å². The zero-order valence-electron chi connectivity index (χ0n) is 18.8. The lowest BCUT2D eigenvalue weighted by molar-refractivity contribution is 0.0677. The number of likely N-dealkylation sites (tertiary alicyclic amines) is 1. The van der Waals surface area contributed by atoms with Crippen LogP contribution in [0.15, 0.2) is 27.2 Å². The van der Waals surface area contributed by atoms with Crippen LogP contribution in [0.1, 0.15) is 49.9 Å². The Hall–Kier alpha value is -0.750. The van der Waals surface area contributed by atoms with Crippen LogP contribution in [0.4, 0.5) is 0 Å². The molecule has 0 amide bonds. The number of rotatable bonds is 9. The van der Waals surface area contributed by atoms with Crippen LogP contribution in [0.25, 0.3) is 0 Å². The molecule has 1 saturated heterocycles. The molecule has 0 aromatic carbocycles. The van der Waals surface area contributed by atoms with Gasteiger partial charge in [-0.25, -0.2) is 9.98 Å². The van der Waals surface area contributed by atoms with Crippen molar-refractivity contribution >= 4 is 52.6 Å². The number of halogens is 1. The van der Waals surface area contributed by atoms with Crippen LogP contribution in [0.2, 0.25) is 0 Å². The Kier molecular flexibility index (Phi) is 11.2. The number of thiazole rings is 1. The van der Waals surface area contributed by atoms with Gasteiger partial charge < -0.3 is 15.7 Å². The monoisotopic (exact) mass is 577 g/mol. The van der Waals surface area contributed by atoms with E-state index in [9.17, 15) is 5.11 Å². The summed E-state index contributed by atoms with van der Waals surface area (Å²) in [5.74, 6) is 1.43. The van der Waals surface area contributed by atoms with Gasteiger partial charge in [-0.2, -0.15) is 11.3 Å². The third kappa shape index (κ3) is 8.27. The maximum atomic E-state index is 10.7. The molecule has 0 radical (unpaired) electrons. The minimum absolute atomic E-state index is 0. The van der Waals surface area contributed by atoms with E-state index in [-0.39, 0.29) is 24.0 Å². The van der Waals surface area contributed by atoms with E-state index in [1.807, 2.05) is 23.8 Å². The Balaban J connectivity index is 0.00000341. The fourth-order valence-electron chi connectivity index (χ4n) is 3.64. The van der Waals surface area contributed by atoms with Crippen LogP contribution in [0.3, 0.4) is 0 Å². The standard InChI is InChI=1S/C22H35N5OS2.HI/c1-4-20-26-19(15-30-20)13-27-9-6-17(7-10-27)12-24-21(23-5-2)25-16-22(3,28)18-8-11-29-14-18;/h8,11,14-15,17,28H,4-7,9-10,12-13,16H2,1-3H3,(H2,23,24,25);1H. The van der Waals surface area contributed by atoms with Gasteiger partial charge >= 0.3 is 0 Å². The molecule has 1 aliphatic rings. The summed E-state index contributed by atoms with van der Waals surface area (Å²) in [6.45, 7) is 11.3. The topological polar surface area (TPSA) is 72.8 Å². The van der Waals surface area contributed by atoms with Crippen molar-refractivity contribution in [1.29, 1.82) is 0 Å². The molecular formula is C22H36IN5OS2. The number of aliphatic hydroxyl groups is 1. The molecule has 3 N–H and O–H groups in total. The van der Waals surface area contributed by atoms with Crippen molar-refractivity contribution in [2.45, 2.75) is 52.2 Å². The maximum Gasteiger partial charge on any atom is 0.191 e. The lowest BCUT2D eigenvalue weighted by Crippen LogP contribution is -2.43. The number of aliphatic imine (C=N–C) groups is 1. The minimum Gasteiger partial charge on any atom is -0.383 e. The van der Waals surface area contributed by atoms with Gasteiger partial charge in [-0.05, 0) is 74.5 Å². The number of aromatic nitrogens is 1. The summed E-state index contributed by atoms with van der Waals surface area (Å²) in [4.78, 5) is 11.9. The van der Waals surface area contributed by atoms with E-state index >= 15 is 0 Å². The number of thiophene rings is 1. The van der Waals surface area contributed by atoms with Crippen molar-refractivity contribution in [2.24, 2.45) is 10.9 Å². The third-order valence-corrected chi connectivity index (χ3v) is 7.31. The first-order valence-corrected chi connectivity index (χ1v) is 12.7. The van der Waals surface area contributed by atoms with Crippen LogP contribution in [-0.4, -0.2) is 53.7 Å². The highest BCUT2D eigenvalue weighted by atomic mass is 127. The molecule has 2 aromatic rings. The average Bonchev–Trinajstić information content (AvgIpc) is 3.44. The Morgan fingerprint density at radius 3 is 2.68 bits per heavy atom. The number of hydrogen-bond donors (Lipinski definition) is 3. The normalized spacial score (nSPS) is 17.7. The Bertz CT molecular complexity index is 786. The first kappa shape index (κ1) is 26.5. The highest BCUT2D eigenvalue weighted by Crippen LogP contribution is 2.23. The molecule has 0 spiro atoms. The van der Waals surface area contributed by atoms with E-state index in [0.717, 1.165) is 50.7 Å². The molecule has 0 bridgehead atoms. The Morgan fingerprint density at radius 1 is 1.29 bits per heavy atom. The molecular weight excluding hydrogens is 541 g/mol. The molecule has 9 heteroatoms.